The monoisotopic (exact) mass is 391 g/mol. The summed E-state index contributed by atoms with van der Waals surface area (Å²) < 4.78 is 5.84. The Bertz CT molecular complexity index is 679. The van der Waals surface area contributed by atoms with Gasteiger partial charge in [-0.05, 0) is 42.7 Å². The zero-order valence-electron chi connectivity index (χ0n) is 15.1. The Balaban J connectivity index is 1.47. The summed E-state index contributed by atoms with van der Waals surface area (Å²) >= 11 is 12.1. The van der Waals surface area contributed by atoms with E-state index in [1.54, 1.807) is 6.07 Å². The smallest absolute Gasteiger partial charge is 0.119 e. The molecule has 0 unspecified atom stereocenters. The van der Waals surface area contributed by atoms with Crippen LogP contribution < -0.4 is 10.1 Å². The summed E-state index contributed by atoms with van der Waals surface area (Å²) in [4.78, 5) is 0. The highest BCUT2D eigenvalue weighted by atomic mass is 35.5. The first-order valence-corrected chi connectivity index (χ1v) is 10.4. The number of hydrogen-bond acceptors (Lipinski definition) is 2. The van der Waals surface area contributed by atoms with Crippen LogP contribution in [0, 0.1) is 0 Å². The first-order valence-electron chi connectivity index (χ1n) is 9.60. The summed E-state index contributed by atoms with van der Waals surface area (Å²) in [6.07, 6.45) is 9.53. The molecule has 0 aliphatic heterocycles. The third kappa shape index (κ3) is 6.19. The predicted molar refractivity (Wildman–Crippen MR) is 110 cm³/mol. The molecule has 1 aliphatic rings. The number of rotatable bonds is 6. The maximum Gasteiger partial charge on any atom is 0.119 e. The van der Waals surface area contributed by atoms with Crippen molar-refractivity contribution in [3.05, 3.63) is 63.6 Å². The summed E-state index contributed by atoms with van der Waals surface area (Å²) in [5.41, 5.74) is 2.23. The van der Waals surface area contributed by atoms with Crippen LogP contribution >= 0.6 is 23.2 Å². The van der Waals surface area contributed by atoms with E-state index in [0.717, 1.165) is 17.9 Å². The van der Waals surface area contributed by atoms with Gasteiger partial charge in [0.25, 0.3) is 0 Å². The van der Waals surface area contributed by atoms with Crippen molar-refractivity contribution < 1.29 is 4.74 Å². The van der Waals surface area contributed by atoms with E-state index < -0.39 is 0 Å². The van der Waals surface area contributed by atoms with Gasteiger partial charge in [-0.1, -0.05) is 73.5 Å². The van der Waals surface area contributed by atoms with E-state index in [0.29, 0.717) is 22.7 Å². The molecule has 0 heterocycles. The zero-order chi connectivity index (χ0) is 18.2. The Labute approximate surface area is 166 Å². The van der Waals surface area contributed by atoms with Gasteiger partial charge < -0.3 is 10.1 Å². The SMILES string of the molecule is Clc1ccc(COc2ccc(CNC3CCCCCCC3)cc2)c(Cl)c1. The van der Waals surface area contributed by atoms with Crippen LogP contribution in [0.5, 0.6) is 5.75 Å². The number of ether oxygens (including phenoxy) is 1. The Morgan fingerprint density at radius 3 is 2.27 bits per heavy atom. The number of hydrogen-bond donors (Lipinski definition) is 1. The minimum Gasteiger partial charge on any atom is -0.489 e. The third-order valence-electron chi connectivity index (χ3n) is 5.03. The molecule has 2 nitrogen and oxygen atoms in total. The van der Waals surface area contributed by atoms with Gasteiger partial charge in [-0.25, -0.2) is 0 Å². The van der Waals surface area contributed by atoms with Crippen LogP contribution in [0.25, 0.3) is 0 Å². The highest BCUT2D eigenvalue weighted by Gasteiger charge is 2.10. The van der Waals surface area contributed by atoms with Gasteiger partial charge in [-0.15, -0.1) is 0 Å². The van der Waals surface area contributed by atoms with Crippen LogP contribution in [0.15, 0.2) is 42.5 Å². The molecule has 4 heteroatoms. The predicted octanol–water partition coefficient (Wildman–Crippen LogP) is 6.77. The molecule has 3 rings (SSSR count). The third-order valence-corrected chi connectivity index (χ3v) is 5.62. The lowest BCUT2D eigenvalue weighted by molar-refractivity contribution is 0.306. The fourth-order valence-corrected chi connectivity index (χ4v) is 3.89. The van der Waals surface area contributed by atoms with Crippen molar-refractivity contribution in [3.8, 4) is 5.75 Å². The molecule has 2 aromatic carbocycles. The molecule has 0 aromatic heterocycles. The summed E-state index contributed by atoms with van der Waals surface area (Å²) in [7, 11) is 0. The molecule has 0 saturated heterocycles. The van der Waals surface area contributed by atoms with E-state index in [4.69, 9.17) is 27.9 Å². The van der Waals surface area contributed by atoms with Crippen molar-refractivity contribution in [2.75, 3.05) is 0 Å². The van der Waals surface area contributed by atoms with E-state index >= 15 is 0 Å². The summed E-state index contributed by atoms with van der Waals surface area (Å²) in [6, 6.07) is 14.5. The zero-order valence-corrected chi connectivity index (χ0v) is 16.7. The molecule has 0 radical (unpaired) electrons. The molecule has 2 aromatic rings. The molecule has 0 bridgehead atoms. The van der Waals surface area contributed by atoms with Crippen LogP contribution in [-0.4, -0.2) is 6.04 Å². The molecule has 140 valence electrons. The molecular weight excluding hydrogens is 365 g/mol. The Hall–Kier alpha value is -1.22. The van der Waals surface area contributed by atoms with Crippen LogP contribution in [0.3, 0.4) is 0 Å². The molecule has 0 amide bonds. The van der Waals surface area contributed by atoms with Crippen molar-refractivity contribution in [1.29, 1.82) is 0 Å². The molecule has 1 aliphatic carbocycles. The van der Waals surface area contributed by atoms with Gasteiger partial charge in [0.05, 0.1) is 0 Å². The first-order chi connectivity index (χ1) is 12.7. The first kappa shape index (κ1) is 19.5. The second kappa shape index (κ2) is 10.2. The minimum atomic E-state index is 0.440. The van der Waals surface area contributed by atoms with Crippen molar-refractivity contribution in [1.82, 2.24) is 5.32 Å². The Kier molecular flexibility index (Phi) is 7.67. The Morgan fingerprint density at radius 2 is 1.58 bits per heavy atom. The lowest BCUT2D eigenvalue weighted by Gasteiger charge is -2.21. The van der Waals surface area contributed by atoms with Gasteiger partial charge in [0.2, 0.25) is 0 Å². The lowest BCUT2D eigenvalue weighted by Crippen LogP contribution is -2.29. The largest absolute Gasteiger partial charge is 0.489 e. The fraction of sp³-hybridized carbons (Fsp3) is 0.455. The molecule has 26 heavy (non-hydrogen) atoms. The van der Waals surface area contributed by atoms with Gasteiger partial charge in [0, 0.05) is 28.2 Å². The van der Waals surface area contributed by atoms with Gasteiger partial charge in [0.15, 0.2) is 0 Å². The summed E-state index contributed by atoms with van der Waals surface area (Å²) in [5.74, 6) is 0.853. The molecule has 1 saturated carbocycles. The summed E-state index contributed by atoms with van der Waals surface area (Å²) in [5, 5.41) is 5.00. The number of halogens is 2. The maximum absolute atomic E-state index is 6.19. The van der Waals surface area contributed by atoms with Crippen molar-refractivity contribution in [2.45, 2.75) is 64.1 Å². The van der Waals surface area contributed by atoms with Gasteiger partial charge >= 0.3 is 0 Å². The molecule has 1 N–H and O–H groups in total. The topological polar surface area (TPSA) is 21.3 Å². The van der Waals surface area contributed by atoms with E-state index in [1.807, 2.05) is 24.3 Å². The molecular formula is C22H27Cl2NO. The Morgan fingerprint density at radius 1 is 0.885 bits per heavy atom. The minimum absolute atomic E-state index is 0.440. The summed E-state index contributed by atoms with van der Waals surface area (Å²) in [6.45, 7) is 1.36. The number of benzene rings is 2. The quantitative estimate of drug-likeness (QED) is 0.585. The standard InChI is InChI=1S/C22H27Cl2NO/c23-19-11-10-18(22(24)14-19)16-26-21-12-8-17(9-13-21)15-25-20-6-4-2-1-3-5-7-20/h8-14,20,25H,1-7,15-16H2. The van der Waals surface area contributed by atoms with Gasteiger partial charge in [-0.2, -0.15) is 0 Å². The highest BCUT2D eigenvalue weighted by molar-refractivity contribution is 6.35. The number of nitrogens with one attached hydrogen (secondary N) is 1. The van der Waals surface area contributed by atoms with Crippen molar-refractivity contribution >= 4 is 23.2 Å². The molecule has 0 atom stereocenters. The van der Waals surface area contributed by atoms with Gasteiger partial charge in [-0.3, -0.25) is 0 Å². The highest BCUT2D eigenvalue weighted by Crippen LogP contribution is 2.23. The fourth-order valence-electron chi connectivity index (χ4n) is 3.43. The average molecular weight is 392 g/mol. The second-order valence-electron chi connectivity index (χ2n) is 7.09. The van der Waals surface area contributed by atoms with Crippen LogP contribution in [0.2, 0.25) is 10.0 Å². The average Bonchev–Trinajstić information content (AvgIpc) is 2.61. The maximum atomic E-state index is 6.19. The van der Waals surface area contributed by atoms with Crippen LogP contribution in [0.1, 0.15) is 56.1 Å². The molecule has 0 spiro atoms. The second-order valence-corrected chi connectivity index (χ2v) is 7.93. The van der Waals surface area contributed by atoms with E-state index in [2.05, 4.69) is 17.4 Å². The van der Waals surface area contributed by atoms with Crippen LogP contribution in [0.4, 0.5) is 0 Å². The van der Waals surface area contributed by atoms with Gasteiger partial charge in [0.1, 0.15) is 12.4 Å². The lowest BCUT2D eigenvalue weighted by atomic mass is 9.96. The van der Waals surface area contributed by atoms with E-state index in [9.17, 15) is 0 Å². The normalized spacial score (nSPS) is 16.1. The van der Waals surface area contributed by atoms with E-state index in [1.165, 1.54) is 50.5 Å². The molecule has 1 fully saturated rings. The van der Waals surface area contributed by atoms with Crippen molar-refractivity contribution in [2.24, 2.45) is 0 Å². The van der Waals surface area contributed by atoms with Crippen molar-refractivity contribution in [3.63, 3.8) is 0 Å². The van der Waals surface area contributed by atoms with E-state index in [-0.39, 0.29) is 0 Å². The van der Waals surface area contributed by atoms with Crippen LogP contribution in [-0.2, 0) is 13.2 Å².